The molecule has 0 bridgehead atoms. The molecule has 3 N–H and O–H groups in total. The van der Waals surface area contributed by atoms with Gasteiger partial charge in [-0.25, -0.2) is 0 Å². The van der Waals surface area contributed by atoms with Gasteiger partial charge in [0.2, 0.25) is 0 Å². The van der Waals surface area contributed by atoms with Gasteiger partial charge >= 0.3 is 0 Å². The normalized spacial score (nSPS) is 10.6. The summed E-state index contributed by atoms with van der Waals surface area (Å²) in [7, 11) is 0. The summed E-state index contributed by atoms with van der Waals surface area (Å²) in [6.07, 6.45) is 0. The molecule has 1 amide bonds. The number of aromatic nitrogens is 2. The van der Waals surface area contributed by atoms with Crippen LogP contribution in [0.1, 0.15) is 38.6 Å². The topological polar surface area (TPSA) is 77.8 Å². The highest BCUT2D eigenvalue weighted by Gasteiger charge is 2.12. The van der Waals surface area contributed by atoms with Crippen LogP contribution < -0.4 is 10.9 Å². The molecule has 0 saturated carbocycles. The Kier molecular flexibility index (Phi) is 3.79. The van der Waals surface area contributed by atoms with E-state index in [9.17, 15) is 9.59 Å². The van der Waals surface area contributed by atoms with Crippen molar-refractivity contribution in [2.75, 3.05) is 0 Å². The van der Waals surface area contributed by atoms with Crippen molar-refractivity contribution < 1.29 is 4.79 Å². The van der Waals surface area contributed by atoms with Crippen molar-refractivity contribution in [2.24, 2.45) is 0 Å². The van der Waals surface area contributed by atoms with Gasteiger partial charge in [-0.3, -0.25) is 9.59 Å². The number of nitrogens with one attached hydrogen (secondary N) is 3. The van der Waals surface area contributed by atoms with Crippen LogP contribution in [0.15, 0.2) is 16.9 Å². The fraction of sp³-hybridized carbons (Fsp3) is 0.333. The maximum absolute atomic E-state index is 12.1. The van der Waals surface area contributed by atoms with Crippen molar-refractivity contribution in [3.8, 4) is 0 Å². The molecule has 0 radical (unpaired) electrons. The van der Waals surface area contributed by atoms with Crippen molar-refractivity contribution in [1.29, 1.82) is 0 Å². The highest BCUT2D eigenvalue weighted by atomic mass is 16.1. The zero-order chi connectivity index (χ0) is 14.9. The van der Waals surface area contributed by atoms with Crippen LogP contribution in [0.4, 0.5) is 0 Å². The number of carbonyl (C=O) groups is 1. The number of hydrogen-bond acceptors (Lipinski definition) is 2. The van der Waals surface area contributed by atoms with E-state index in [2.05, 4.69) is 15.3 Å². The van der Waals surface area contributed by atoms with Gasteiger partial charge in [-0.15, -0.1) is 0 Å². The quantitative estimate of drug-likeness (QED) is 0.798. The van der Waals surface area contributed by atoms with Gasteiger partial charge in [0, 0.05) is 29.2 Å². The number of amides is 1. The maximum Gasteiger partial charge on any atom is 0.253 e. The molecule has 2 rings (SSSR count). The summed E-state index contributed by atoms with van der Waals surface area (Å²) >= 11 is 0. The van der Waals surface area contributed by atoms with Gasteiger partial charge < -0.3 is 15.3 Å². The van der Waals surface area contributed by atoms with Crippen LogP contribution in [0.2, 0.25) is 0 Å². The lowest BCUT2D eigenvalue weighted by molar-refractivity contribution is 0.0950. The molecule has 5 nitrogen and oxygen atoms in total. The molecular formula is C15H19N3O2. The Labute approximate surface area is 117 Å². The van der Waals surface area contributed by atoms with E-state index in [-0.39, 0.29) is 18.0 Å². The van der Waals surface area contributed by atoms with E-state index < -0.39 is 0 Å². The Balaban J connectivity index is 2.15. The molecule has 20 heavy (non-hydrogen) atoms. The molecule has 2 aromatic rings. The van der Waals surface area contributed by atoms with Gasteiger partial charge in [-0.2, -0.15) is 0 Å². The van der Waals surface area contributed by atoms with E-state index in [1.165, 1.54) is 0 Å². The minimum Gasteiger partial charge on any atom is -0.362 e. The van der Waals surface area contributed by atoms with Crippen molar-refractivity contribution in [2.45, 2.75) is 34.2 Å². The largest absolute Gasteiger partial charge is 0.362 e. The highest BCUT2D eigenvalue weighted by Crippen LogP contribution is 2.09. The summed E-state index contributed by atoms with van der Waals surface area (Å²) in [5.74, 6) is -0.175. The molecule has 0 aliphatic heterocycles. The van der Waals surface area contributed by atoms with E-state index in [0.29, 0.717) is 11.1 Å². The van der Waals surface area contributed by atoms with E-state index in [4.69, 9.17) is 0 Å². The monoisotopic (exact) mass is 273 g/mol. The predicted octanol–water partition coefficient (Wildman–Crippen LogP) is 1.87. The summed E-state index contributed by atoms with van der Waals surface area (Å²) in [5, 5.41) is 2.79. The first kappa shape index (κ1) is 14.1. The Hall–Kier alpha value is -2.30. The summed E-state index contributed by atoms with van der Waals surface area (Å²) in [6, 6.07) is 3.70. The second-order valence-electron chi connectivity index (χ2n) is 5.12. The third kappa shape index (κ3) is 2.82. The second kappa shape index (κ2) is 5.36. The minimum atomic E-state index is -0.175. The molecule has 0 unspecified atom stereocenters. The molecule has 5 heteroatoms. The highest BCUT2D eigenvalue weighted by molar-refractivity contribution is 5.95. The first-order chi connectivity index (χ1) is 9.38. The van der Waals surface area contributed by atoms with E-state index >= 15 is 0 Å². The van der Waals surface area contributed by atoms with Gasteiger partial charge in [0.1, 0.15) is 0 Å². The number of pyridine rings is 1. The third-order valence-electron chi connectivity index (χ3n) is 3.31. The molecule has 0 aromatic carbocycles. The number of aromatic amines is 2. The molecule has 0 atom stereocenters. The smallest absolute Gasteiger partial charge is 0.253 e. The molecule has 0 fully saturated rings. The minimum absolute atomic E-state index is 0.148. The average molecular weight is 273 g/mol. The van der Waals surface area contributed by atoms with Crippen LogP contribution in [0.25, 0.3) is 0 Å². The summed E-state index contributed by atoms with van der Waals surface area (Å²) < 4.78 is 0. The number of rotatable bonds is 3. The lowest BCUT2D eigenvalue weighted by atomic mass is 10.1. The average Bonchev–Trinajstić information content (AvgIpc) is 2.66. The molecule has 2 aromatic heterocycles. The predicted molar refractivity (Wildman–Crippen MR) is 78.0 cm³/mol. The van der Waals surface area contributed by atoms with Crippen molar-refractivity contribution >= 4 is 5.91 Å². The molecule has 0 aliphatic carbocycles. The molecule has 2 heterocycles. The molecular weight excluding hydrogens is 254 g/mol. The third-order valence-corrected chi connectivity index (χ3v) is 3.31. The Morgan fingerprint density at radius 3 is 2.30 bits per heavy atom. The fourth-order valence-corrected chi connectivity index (χ4v) is 2.32. The van der Waals surface area contributed by atoms with Crippen LogP contribution >= 0.6 is 0 Å². The van der Waals surface area contributed by atoms with E-state index in [1.807, 2.05) is 33.8 Å². The van der Waals surface area contributed by atoms with Crippen molar-refractivity contribution in [3.05, 3.63) is 56.3 Å². The van der Waals surface area contributed by atoms with Gasteiger partial charge in [-0.05, 0) is 45.4 Å². The zero-order valence-corrected chi connectivity index (χ0v) is 12.2. The SMILES string of the molecule is Cc1cc(C(=O)NCc2c(C)cc(C)[nH]c2=O)c(C)[nH]1. The van der Waals surface area contributed by atoms with Crippen LogP contribution in [0.5, 0.6) is 0 Å². The Morgan fingerprint density at radius 1 is 1.10 bits per heavy atom. The van der Waals surface area contributed by atoms with E-state index in [1.54, 1.807) is 6.07 Å². The standard InChI is InChI=1S/C15H19N3O2/c1-8-5-9(2)18-15(20)13(8)7-16-14(19)12-6-10(3)17-11(12)4/h5-6,17H,7H2,1-4H3,(H,16,19)(H,18,20). The molecule has 106 valence electrons. The Morgan fingerprint density at radius 2 is 1.75 bits per heavy atom. The number of aryl methyl sites for hydroxylation is 4. The van der Waals surface area contributed by atoms with Gasteiger partial charge in [0.25, 0.3) is 11.5 Å². The molecule has 0 aliphatic rings. The van der Waals surface area contributed by atoms with E-state index in [0.717, 1.165) is 22.6 Å². The summed E-state index contributed by atoms with van der Waals surface area (Å²) in [6.45, 7) is 7.69. The Bertz CT molecular complexity index is 710. The number of hydrogen-bond donors (Lipinski definition) is 3. The van der Waals surface area contributed by atoms with Crippen LogP contribution in [-0.2, 0) is 6.54 Å². The fourth-order valence-electron chi connectivity index (χ4n) is 2.32. The van der Waals surface area contributed by atoms with Crippen LogP contribution in [0.3, 0.4) is 0 Å². The summed E-state index contributed by atoms with van der Waals surface area (Å²) in [4.78, 5) is 29.8. The maximum atomic E-state index is 12.1. The number of carbonyl (C=O) groups excluding carboxylic acids is 1. The molecule has 0 saturated heterocycles. The van der Waals surface area contributed by atoms with Crippen LogP contribution in [-0.4, -0.2) is 15.9 Å². The first-order valence-corrected chi connectivity index (χ1v) is 6.52. The van der Waals surface area contributed by atoms with Crippen LogP contribution in [0, 0.1) is 27.7 Å². The zero-order valence-electron chi connectivity index (χ0n) is 12.2. The van der Waals surface area contributed by atoms with Gasteiger partial charge in [0.05, 0.1) is 5.56 Å². The van der Waals surface area contributed by atoms with Crippen molar-refractivity contribution in [3.63, 3.8) is 0 Å². The summed E-state index contributed by atoms with van der Waals surface area (Å²) in [5.41, 5.74) is 4.53. The van der Waals surface area contributed by atoms with Gasteiger partial charge in [-0.1, -0.05) is 0 Å². The van der Waals surface area contributed by atoms with Gasteiger partial charge in [0.15, 0.2) is 0 Å². The molecule has 0 spiro atoms. The lowest BCUT2D eigenvalue weighted by Gasteiger charge is -2.08. The number of H-pyrrole nitrogens is 2. The second-order valence-corrected chi connectivity index (χ2v) is 5.12. The lowest BCUT2D eigenvalue weighted by Crippen LogP contribution is -2.28. The first-order valence-electron chi connectivity index (χ1n) is 6.52. The van der Waals surface area contributed by atoms with Crippen molar-refractivity contribution in [1.82, 2.24) is 15.3 Å².